The highest BCUT2D eigenvalue weighted by atomic mass is 16.3. The number of rotatable bonds is 1. The maximum absolute atomic E-state index is 9.76. The zero-order valence-electron chi connectivity index (χ0n) is 10.0. The summed E-state index contributed by atoms with van der Waals surface area (Å²) in [6.45, 7) is 7.55. The van der Waals surface area contributed by atoms with E-state index < -0.39 is 0 Å². The van der Waals surface area contributed by atoms with Gasteiger partial charge in [0, 0.05) is 31.9 Å². The first kappa shape index (κ1) is 11.4. The summed E-state index contributed by atoms with van der Waals surface area (Å²) in [5, 5.41) is 13.0. The van der Waals surface area contributed by atoms with Crippen LogP contribution in [-0.2, 0) is 0 Å². The van der Waals surface area contributed by atoms with Gasteiger partial charge in [-0.05, 0) is 25.5 Å². The Morgan fingerprint density at radius 1 is 1.38 bits per heavy atom. The third-order valence-corrected chi connectivity index (χ3v) is 3.06. The van der Waals surface area contributed by atoms with Crippen LogP contribution in [0.1, 0.15) is 11.1 Å². The van der Waals surface area contributed by atoms with E-state index >= 15 is 0 Å². The highest BCUT2D eigenvalue weighted by molar-refractivity contribution is 5.54. The molecule has 0 amide bonds. The molecule has 0 aromatic heterocycles. The molecule has 2 rings (SSSR count). The van der Waals surface area contributed by atoms with Gasteiger partial charge >= 0.3 is 0 Å². The average Bonchev–Trinajstić information content (AvgIpc) is 2.43. The molecular weight excluding hydrogens is 200 g/mol. The molecule has 1 aliphatic rings. The fourth-order valence-electron chi connectivity index (χ4n) is 2.27. The standard InChI is InChI=1S/C13H20N2O/c1-10-3-4-13(11(2)7-10)15-6-5-14-8-12(16)9-15/h3-4,7,12,14,16H,5-6,8-9H2,1-2H3. The monoisotopic (exact) mass is 220 g/mol. The number of aryl methyl sites for hydroxylation is 2. The smallest absolute Gasteiger partial charge is 0.0839 e. The molecule has 3 nitrogen and oxygen atoms in total. The molecule has 1 aromatic rings. The Morgan fingerprint density at radius 3 is 2.94 bits per heavy atom. The molecule has 0 saturated carbocycles. The molecule has 3 heteroatoms. The van der Waals surface area contributed by atoms with Crippen molar-refractivity contribution >= 4 is 5.69 Å². The number of β-amino-alcohol motifs (C(OH)–C–C–N with tert-alkyl or cyclic N) is 1. The van der Waals surface area contributed by atoms with Crippen molar-refractivity contribution in [2.24, 2.45) is 0 Å². The zero-order valence-corrected chi connectivity index (χ0v) is 10.0. The summed E-state index contributed by atoms with van der Waals surface area (Å²) in [5.41, 5.74) is 3.82. The van der Waals surface area contributed by atoms with Gasteiger partial charge in [-0.25, -0.2) is 0 Å². The summed E-state index contributed by atoms with van der Waals surface area (Å²) < 4.78 is 0. The highest BCUT2D eigenvalue weighted by Gasteiger charge is 2.16. The summed E-state index contributed by atoms with van der Waals surface area (Å²) in [7, 11) is 0. The van der Waals surface area contributed by atoms with Gasteiger partial charge in [0.1, 0.15) is 0 Å². The van der Waals surface area contributed by atoms with E-state index in [1.54, 1.807) is 0 Å². The van der Waals surface area contributed by atoms with Gasteiger partial charge < -0.3 is 15.3 Å². The van der Waals surface area contributed by atoms with Crippen LogP contribution in [0, 0.1) is 13.8 Å². The first-order chi connectivity index (χ1) is 7.66. The maximum Gasteiger partial charge on any atom is 0.0839 e. The molecule has 1 fully saturated rings. The van der Waals surface area contributed by atoms with E-state index in [4.69, 9.17) is 0 Å². The minimum Gasteiger partial charge on any atom is -0.390 e. The van der Waals surface area contributed by atoms with Gasteiger partial charge in [-0.3, -0.25) is 0 Å². The largest absolute Gasteiger partial charge is 0.390 e. The van der Waals surface area contributed by atoms with Crippen molar-refractivity contribution in [1.82, 2.24) is 5.32 Å². The molecule has 16 heavy (non-hydrogen) atoms. The third-order valence-electron chi connectivity index (χ3n) is 3.06. The van der Waals surface area contributed by atoms with Gasteiger partial charge in [0.2, 0.25) is 0 Å². The molecule has 1 aromatic carbocycles. The van der Waals surface area contributed by atoms with Crippen LogP contribution in [0.3, 0.4) is 0 Å². The van der Waals surface area contributed by atoms with Crippen molar-refractivity contribution in [3.8, 4) is 0 Å². The topological polar surface area (TPSA) is 35.5 Å². The molecule has 2 N–H and O–H groups in total. The Morgan fingerprint density at radius 2 is 2.19 bits per heavy atom. The minimum atomic E-state index is -0.275. The lowest BCUT2D eigenvalue weighted by Gasteiger charge is -2.26. The molecule has 0 radical (unpaired) electrons. The Bertz CT molecular complexity index is 365. The number of hydrogen-bond acceptors (Lipinski definition) is 3. The number of aliphatic hydroxyl groups is 1. The molecule has 0 spiro atoms. The number of aliphatic hydroxyl groups excluding tert-OH is 1. The lowest BCUT2D eigenvalue weighted by atomic mass is 10.1. The van der Waals surface area contributed by atoms with Crippen molar-refractivity contribution < 1.29 is 5.11 Å². The fourth-order valence-corrected chi connectivity index (χ4v) is 2.27. The molecule has 1 saturated heterocycles. The summed E-state index contributed by atoms with van der Waals surface area (Å²) in [4.78, 5) is 2.26. The van der Waals surface area contributed by atoms with Crippen LogP contribution < -0.4 is 10.2 Å². The molecule has 1 heterocycles. The van der Waals surface area contributed by atoms with E-state index in [1.807, 2.05) is 0 Å². The number of nitrogens with one attached hydrogen (secondary N) is 1. The van der Waals surface area contributed by atoms with Crippen molar-refractivity contribution in [2.45, 2.75) is 20.0 Å². The van der Waals surface area contributed by atoms with Crippen LogP contribution in [0.25, 0.3) is 0 Å². The van der Waals surface area contributed by atoms with Crippen LogP contribution in [-0.4, -0.2) is 37.4 Å². The highest BCUT2D eigenvalue weighted by Crippen LogP contribution is 2.21. The van der Waals surface area contributed by atoms with E-state index in [1.165, 1.54) is 16.8 Å². The van der Waals surface area contributed by atoms with Crippen LogP contribution >= 0.6 is 0 Å². The summed E-state index contributed by atoms with van der Waals surface area (Å²) >= 11 is 0. The number of benzene rings is 1. The number of hydrogen-bond donors (Lipinski definition) is 2. The predicted molar refractivity (Wildman–Crippen MR) is 67.0 cm³/mol. The third kappa shape index (κ3) is 2.54. The second kappa shape index (κ2) is 4.85. The van der Waals surface area contributed by atoms with Crippen LogP contribution in [0.2, 0.25) is 0 Å². The van der Waals surface area contributed by atoms with E-state index in [-0.39, 0.29) is 6.10 Å². The lowest BCUT2D eigenvalue weighted by molar-refractivity contribution is 0.185. The summed E-state index contributed by atoms with van der Waals surface area (Å²) in [6, 6.07) is 6.48. The van der Waals surface area contributed by atoms with E-state index in [9.17, 15) is 5.11 Å². The maximum atomic E-state index is 9.76. The zero-order chi connectivity index (χ0) is 11.5. The van der Waals surface area contributed by atoms with Crippen LogP contribution in [0.5, 0.6) is 0 Å². The van der Waals surface area contributed by atoms with Crippen molar-refractivity contribution in [2.75, 3.05) is 31.1 Å². The molecule has 88 valence electrons. The number of anilines is 1. The molecule has 0 bridgehead atoms. The second-order valence-electron chi connectivity index (χ2n) is 4.59. The van der Waals surface area contributed by atoms with Crippen molar-refractivity contribution in [1.29, 1.82) is 0 Å². The average molecular weight is 220 g/mol. The first-order valence-corrected chi connectivity index (χ1v) is 5.88. The quantitative estimate of drug-likeness (QED) is 0.743. The molecular formula is C13H20N2O. The Hall–Kier alpha value is -1.06. The van der Waals surface area contributed by atoms with Crippen molar-refractivity contribution in [3.05, 3.63) is 29.3 Å². The van der Waals surface area contributed by atoms with E-state index in [0.29, 0.717) is 6.54 Å². The second-order valence-corrected chi connectivity index (χ2v) is 4.59. The van der Waals surface area contributed by atoms with Gasteiger partial charge in [0.25, 0.3) is 0 Å². The Labute approximate surface area is 97.1 Å². The van der Waals surface area contributed by atoms with E-state index in [2.05, 4.69) is 42.3 Å². The van der Waals surface area contributed by atoms with Gasteiger partial charge in [-0.1, -0.05) is 17.7 Å². The predicted octanol–water partition coefficient (Wildman–Crippen LogP) is 1.07. The molecule has 1 unspecified atom stereocenters. The van der Waals surface area contributed by atoms with Gasteiger partial charge in [-0.2, -0.15) is 0 Å². The first-order valence-electron chi connectivity index (χ1n) is 5.88. The van der Waals surface area contributed by atoms with Gasteiger partial charge in [0.15, 0.2) is 0 Å². The summed E-state index contributed by atoms with van der Waals surface area (Å²) in [5.74, 6) is 0. The molecule has 0 aliphatic carbocycles. The fraction of sp³-hybridized carbons (Fsp3) is 0.538. The number of nitrogens with zero attached hydrogens (tertiary/aromatic N) is 1. The Kier molecular flexibility index (Phi) is 3.46. The van der Waals surface area contributed by atoms with Crippen LogP contribution in [0.4, 0.5) is 5.69 Å². The Balaban J connectivity index is 2.21. The van der Waals surface area contributed by atoms with Gasteiger partial charge in [0.05, 0.1) is 6.10 Å². The SMILES string of the molecule is Cc1ccc(N2CCNCC(O)C2)c(C)c1. The summed E-state index contributed by atoms with van der Waals surface area (Å²) in [6.07, 6.45) is -0.275. The normalized spacial score (nSPS) is 21.9. The lowest BCUT2D eigenvalue weighted by Crippen LogP contribution is -2.33. The van der Waals surface area contributed by atoms with E-state index in [0.717, 1.165) is 19.6 Å². The van der Waals surface area contributed by atoms with Crippen molar-refractivity contribution in [3.63, 3.8) is 0 Å². The molecule has 1 aliphatic heterocycles. The minimum absolute atomic E-state index is 0.275. The molecule has 1 atom stereocenters. The van der Waals surface area contributed by atoms with Gasteiger partial charge in [-0.15, -0.1) is 0 Å². The van der Waals surface area contributed by atoms with Crippen LogP contribution in [0.15, 0.2) is 18.2 Å².